The second-order valence-corrected chi connectivity index (χ2v) is 8.75. The van der Waals surface area contributed by atoms with Crippen molar-refractivity contribution in [1.82, 2.24) is 25.1 Å². The number of amides is 1. The van der Waals surface area contributed by atoms with Gasteiger partial charge < -0.3 is 9.88 Å². The standard InChI is InChI=1S/C23H29N5OS/c1-17(2)15-28-21(26-27-23(28)30-16-20-10-12-24-13-11-20)14-25-22(29)9-8-19-6-4-18(3)5-7-19/h4-7,10-13,17H,8-9,14-16H2,1-3H3,(H,25,29). The van der Waals surface area contributed by atoms with Crippen LogP contribution in [0.15, 0.2) is 53.9 Å². The SMILES string of the molecule is Cc1ccc(CCC(=O)NCc2nnc(SCc3ccncc3)n2CC(C)C)cc1. The molecule has 2 heterocycles. The molecule has 7 heteroatoms. The van der Waals surface area contributed by atoms with Crippen LogP contribution in [0.2, 0.25) is 0 Å². The first-order valence-corrected chi connectivity index (χ1v) is 11.3. The Balaban J connectivity index is 1.56. The van der Waals surface area contributed by atoms with E-state index in [4.69, 9.17) is 0 Å². The Kier molecular flexibility index (Phi) is 8.02. The van der Waals surface area contributed by atoms with Crippen LogP contribution in [0.3, 0.4) is 0 Å². The summed E-state index contributed by atoms with van der Waals surface area (Å²) in [5, 5.41) is 12.6. The molecule has 2 aromatic heterocycles. The third-order valence-corrected chi connectivity index (χ3v) is 5.70. The zero-order valence-corrected chi connectivity index (χ0v) is 18.7. The van der Waals surface area contributed by atoms with Crippen LogP contribution >= 0.6 is 11.8 Å². The molecule has 0 atom stereocenters. The Bertz CT molecular complexity index is 938. The zero-order chi connectivity index (χ0) is 21.3. The minimum atomic E-state index is 0.0284. The minimum absolute atomic E-state index is 0.0284. The molecule has 0 bridgehead atoms. The molecule has 0 aliphatic rings. The highest BCUT2D eigenvalue weighted by Crippen LogP contribution is 2.22. The molecule has 30 heavy (non-hydrogen) atoms. The normalized spacial score (nSPS) is 11.1. The largest absolute Gasteiger partial charge is 0.349 e. The van der Waals surface area contributed by atoms with E-state index >= 15 is 0 Å². The van der Waals surface area contributed by atoms with Gasteiger partial charge in [-0.05, 0) is 42.5 Å². The summed E-state index contributed by atoms with van der Waals surface area (Å²) in [5.41, 5.74) is 3.60. The van der Waals surface area contributed by atoms with Crippen molar-refractivity contribution in [2.24, 2.45) is 5.92 Å². The van der Waals surface area contributed by atoms with E-state index in [-0.39, 0.29) is 5.91 Å². The average molecular weight is 424 g/mol. The Morgan fingerprint density at radius 2 is 1.80 bits per heavy atom. The summed E-state index contributed by atoms with van der Waals surface area (Å²) < 4.78 is 2.12. The molecule has 0 radical (unpaired) electrons. The topological polar surface area (TPSA) is 72.7 Å². The fraction of sp³-hybridized carbons (Fsp3) is 0.391. The number of hydrogen-bond acceptors (Lipinski definition) is 5. The molecule has 0 fully saturated rings. The van der Waals surface area contributed by atoms with Gasteiger partial charge in [0, 0.05) is 31.1 Å². The Hall–Kier alpha value is -2.67. The third-order valence-electron chi connectivity index (χ3n) is 4.66. The fourth-order valence-corrected chi connectivity index (χ4v) is 3.93. The van der Waals surface area contributed by atoms with Gasteiger partial charge in [-0.25, -0.2) is 0 Å². The van der Waals surface area contributed by atoms with Crippen LogP contribution in [0.1, 0.15) is 42.8 Å². The number of hydrogen-bond donors (Lipinski definition) is 1. The highest BCUT2D eigenvalue weighted by Gasteiger charge is 2.15. The summed E-state index contributed by atoms with van der Waals surface area (Å²) in [6.07, 6.45) is 4.79. The molecule has 1 N–H and O–H groups in total. The Labute approximate surface area is 182 Å². The maximum atomic E-state index is 12.3. The highest BCUT2D eigenvalue weighted by atomic mass is 32.2. The van der Waals surface area contributed by atoms with Crippen molar-refractivity contribution in [3.05, 3.63) is 71.3 Å². The smallest absolute Gasteiger partial charge is 0.220 e. The highest BCUT2D eigenvalue weighted by molar-refractivity contribution is 7.98. The summed E-state index contributed by atoms with van der Waals surface area (Å²) in [4.78, 5) is 16.4. The maximum absolute atomic E-state index is 12.3. The van der Waals surface area contributed by atoms with Crippen molar-refractivity contribution < 1.29 is 4.79 Å². The first-order valence-electron chi connectivity index (χ1n) is 10.3. The van der Waals surface area contributed by atoms with Gasteiger partial charge >= 0.3 is 0 Å². The van der Waals surface area contributed by atoms with E-state index in [9.17, 15) is 4.79 Å². The summed E-state index contributed by atoms with van der Waals surface area (Å²) in [6.45, 7) is 7.61. The first kappa shape index (κ1) is 22.0. The van der Waals surface area contributed by atoms with Gasteiger partial charge in [0.2, 0.25) is 5.91 Å². The predicted octanol–water partition coefficient (Wildman–Crippen LogP) is 4.18. The molecule has 0 spiro atoms. The van der Waals surface area contributed by atoms with Crippen molar-refractivity contribution in [1.29, 1.82) is 0 Å². The van der Waals surface area contributed by atoms with E-state index in [0.717, 1.165) is 29.7 Å². The van der Waals surface area contributed by atoms with Gasteiger partial charge in [-0.2, -0.15) is 0 Å². The van der Waals surface area contributed by atoms with Gasteiger partial charge in [0.1, 0.15) is 0 Å². The van der Waals surface area contributed by atoms with Crippen LogP contribution in [-0.2, 0) is 30.1 Å². The predicted molar refractivity (Wildman–Crippen MR) is 120 cm³/mol. The van der Waals surface area contributed by atoms with Crippen LogP contribution < -0.4 is 5.32 Å². The summed E-state index contributed by atoms with van der Waals surface area (Å²) >= 11 is 1.65. The molecule has 0 aliphatic carbocycles. The van der Waals surface area contributed by atoms with Crippen LogP contribution in [0.4, 0.5) is 0 Å². The van der Waals surface area contributed by atoms with Crippen LogP contribution in [0.5, 0.6) is 0 Å². The summed E-state index contributed by atoms with van der Waals surface area (Å²) in [7, 11) is 0. The molecule has 3 aromatic rings. The molecule has 0 saturated heterocycles. The van der Waals surface area contributed by atoms with E-state index in [1.165, 1.54) is 16.7 Å². The number of benzene rings is 1. The lowest BCUT2D eigenvalue weighted by atomic mass is 10.1. The maximum Gasteiger partial charge on any atom is 0.220 e. The van der Waals surface area contributed by atoms with E-state index < -0.39 is 0 Å². The number of pyridine rings is 1. The molecule has 0 saturated carbocycles. The second-order valence-electron chi connectivity index (χ2n) is 7.81. The van der Waals surface area contributed by atoms with Crippen molar-refractivity contribution in [2.75, 3.05) is 0 Å². The number of rotatable bonds is 10. The van der Waals surface area contributed by atoms with Crippen LogP contribution in [0, 0.1) is 12.8 Å². The Morgan fingerprint density at radius 3 is 2.50 bits per heavy atom. The van der Waals surface area contributed by atoms with Crippen molar-refractivity contribution in [3.63, 3.8) is 0 Å². The number of carbonyl (C=O) groups excluding carboxylic acids is 1. The number of nitrogens with one attached hydrogen (secondary N) is 1. The minimum Gasteiger partial charge on any atom is -0.349 e. The Morgan fingerprint density at radius 1 is 1.07 bits per heavy atom. The zero-order valence-electron chi connectivity index (χ0n) is 17.8. The molecular weight excluding hydrogens is 394 g/mol. The summed E-state index contributed by atoms with van der Waals surface area (Å²) in [6, 6.07) is 12.3. The van der Waals surface area contributed by atoms with Crippen molar-refractivity contribution in [3.8, 4) is 0 Å². The van der Waals surface area contributed by atoms with E-state index in [0.29, 0.717) is 18.9 Å². The van der Waals surface area contributed by atoms with E-state index in [1.54, 1.807) is 24.2 Å². The van der Waals surface area contributed by atoms with Gasteiger partial charge in [0.25, 0.3) is 0 Å². The first-order chi connectivity index (χ1) is 14.5. The lowest BCUT2D eigenvalue weighted by molar-refractivity contribution is -0.121. The van der Waals surface area contributed by atoms with E-state index in [2.05, 4.69) is 70.1 Å². The van der Waals surface area contributed by atoms with Gasteiger partial charge in [-0.1, -0.05) is 55.4 Å². The summed E-state index contributed by atoms with van der Waals surface area (Å²) in [5.74, 6) is 2.09. The monoisotopic (exact) mass is 423 g/mol. The van der Waals surface area contributed by atoms with Crippen molar-refractivity contribution in [2.45, 2.75) is 57.6 Å². The number of thioether (sulfide) groups is 1. The van der Waals surface area contributed by atoms with Gasteiger partial charge in [0.15, 0.2) is 11.0 Å². The van der Waals surface area contributed by atoms with Crippen LogP contribution in [0.25, 0.3) is 0 Å². The quantitative estimate of drug-likeness (QED) is 0.495. The van der Waals surface area contributed by atoms with Gasteiger partial charge in [0.05, 0.1) is 6.54 Å². The molecule has 1 aromatic carbocycles. The second kappa shape index (κ2) is 10.9. The lowest BCUT2D eigenvalue weighted by Crippen LogP contribution is -2.25. The van der Waals surface area contributed by atoms with Crippen LogP contribution in [-0.4, -0.2) is 25.7 Å². The van der Waals surface area contributed by atoms with E-state index in [1.807, 2.05) is 12.1 Å². The number of aromatic nitrogens is 4. The number of aryl methyl sites for hydroxylation is 2. The van der Waals surface area contributed by atoms with Gasteiger partial charge in [-0.3, -0.25) is 9.78 Å². The molecule has 1 amide bonds. The molecule has 0 unspecified atom stereocenters. The molecule has 6 nitrogen and oxygen atoms in total. The lowest BCUT2D eigenvalue weighted by Gasteiger charge is -2.13. The molecule has 158 valence electrons. The third kappa shape index (κ3) is 6.69. The van der Waals surface area contributed by atoms with Crippen molar-refractivity contribution >= 4 is 17.7 Å². The molecule has 0 aliphatic heterocycles. The van der Waals surface area contributed by atoms with Gasteiger partial charge in [-0.15, -0.1) is 10.2 Å². The molecular formula is C23H29N5OS. The average Bonchev–Trinajstić information content (AvgIpc) is 3.12. The number of carbonyl (C=O) groups is 1. The molecule has 3 rings (SSSR count). The fourth-order valence-electron chi connectivity index (χ4n) is 3.01. The number of nitrogens with zero attached hydrogens (tertiary/aromatic N) is 4.